The van der Waals surface area contributed by atoms with Crippen molar-refractivity contribution in [1.29, 1.82) is 0 Å². The van der Waals surface area contributed by atoms with E-state index in [1.807, 2.05) is 12.1 Å². The number of hydrogen-bond acceptors (Lipinski definition) is 3. The van der Waals surface area contributed by atoms with Gasteiger partial charge in [-0.25, -0.2) is 9.37 Å². The summed E-state index contributed by atoms with van der Waals surface area (Å²) >= 11 is 0. The van der Waals surface area contributed by atoms with Crippen LogP contribution in [0.15, 0.2) is 55.0 Å². The van der Waals surface area contributed by atoms with E-state index < -0.39 is 16.0 Å². The fourth-order valence-electron chi connectivity index (χ4n) is 2.32. The van der Waals surface area contributed by atoms with Crippen molar-refractivity contribution in [2.75, 3.05) is 6.26 Å². The number of nitrogens with zero attached hydrogens (tertiary/aromatic N) is 2. The Kier molecular flexibility index (Phi) is 4.11. The minimum Gasteiger partial charge on any atom is -0.341 e. The first-order chi connectivity index (χ1) is 10.6. The molecule has 0 amide bonds. The lowest BCUT2D eigenvalue weighted by molar-refractivity contribution is 0.625. The molecule has 2 heterocycles. The molecule has 1 aromatic carbocycles. The van der Waals surface area contributed by atoms with Crippen LogP contribution in [0, 0.1) is 5.82 Å². The Hall–Kier alpha value is -2.34. The number of benzene rings is 1. The summed E-state index contributed by atoms with van der Waals surface area (Å²) in [6.07, 6.45) is 6.67. The van der Waals surface area contributed by atoms with E-state index in [0.29, 0.717) is 11.4 Å². The first-order valence-electron chi connectivity index (χ1n) is 6.68. The summed E-state index contributed by atoms with van der Waals surface area (Å²) < 4.78 is 25.6. The van der Waals surface area contributed by atoms with Gasteiger partial charge >= 0.3 is 0 Å². The van der Waals surface area contributed by atoms with Crippen LogP contribution in [0.3, 0.4) is 0 Å². The van der Waals surface area contributed by atoms with E-state index in [0.717, 1.165) is 11.3 Å². The smallest absolute Gasteiger partial charge is 0.126 e. The van der Waals surface area contributed by atoms with E-state index in [1.165, 1.54) is 12.1 Å². The Morgan fingerprint density at radius 1 is 1.23 bits per heavy atom. The maximum absolute atomic E-state index is 13.4. The van der Waals surface area contributed by atoms with E-state index >= 15 is 0 Å². The number of hydrogen-bond donors (Lipinski definition) is 1. The van der Waals surface area contributed by atoms with Crippen molar-refractivity contribution < 1.29 is 8.60 Å². The number of pyridine rings is 1. The van der Waals surface area contributed by atoms with Gasteiger partial charge in [-0.05, 0) is 29.8 Å². The van der Waals surface area contributed by atoms with Gasteiger partial charge < -0.3 is 4.98 Å². The van der Waals surface area contributed by atoms with Crippen molar-refractivity contribution >= 4 is 10.8 Å². The van der Waals surface area contributed by atoms with Gasteiger partial charge in [-0.1, -0.05) is 12.1 Å². The number of imidazole rings is 1. The van der Waals surface area contributed by atoms with Gasteiger partial charge in [0, 0.05) is 35.0 Å². The molecule has 0 bridgehead atoms. The topological polar surface area (TPSA) is 58.6 Å². The Balaban J connectivity index is 2.00. The first kappa shape index (κ1) is 14.6. The van der Waals surface area contributed by atoms with Gasteiger partial charge in [0.25, 0.3) is 0 Å². The van der Waals surface area contributed by atoms with E-state index in [2.05, 4.69) is 15.0 Å². The van der Waals surface area contributed by atoms with Crippen LogP contribution >= 0.6 is 0 Å². The highest BCUT2D eigenvalue weighted by molar-refractivity contribution is 7.84. The van der Waals surface area contributed by atoms with Gasteiger partial charge in [0.2, 0.25) is 0 Å². The zero-order valence-electron chi connectivity index (χ0n) is 11.9. The third-order valence-electron chi connectivity index (χ3n) is 3.30. The predicted octanol–water partition coefficient (Wildman–Crippen LogP) is 3.08. The number of rotatable bonds is 4. The molecule has 0 aliphatic carbocycles. The molecule has 0 radical (unpaired) electrons. The fraction of sp³-hybridized carbons (Fsp3) is 0.125. The Morgan fingerprint density at radius 3 is 2.77 bits per heavy atom. The van der Waals surface area contributed by atoms with Crippen molar-refractivity contribution in [1.82, 2.24) is 15.0 Å². The van der Waals surface area contributed by atoms with Crippen molar-refractivity contribution in [2.45, 2.75) is 5.25 Å². The van der Waals surface area contributed by atoms with Crippen LogP contribution in [0.25, 0.3) is 11.3 Å². The molecule has 2 atom stereocenters. The van der Waals surface area contributed by atoms with Crippen LogP contribution in [-0.4, -0.2) is 25.4 Å². The van der Waals surface area contributed by atoms with E-state index in [-0.39, 0.29) is 5.82 Å². The highest BCUT2D eigenvalue weighted by atomic mass is 32.2. The van der Waals surface area contributed by atoms with Crippen LogP contribution in [0.1, 0.15) is 16.6 Å². The second-order valence-corrected chi connectivity index (χ2v) is 6.33. The number of aromatic amines is 1. The molecule has 0 saturated heterocycles. The molecule has 2 aromatic heterocycles. The number of aromatic nitrogens is 3. The normalized spacial score (nSPS) is 13.7. The molecule has 0 saturated carbocycles. The van der Waals surface area contributed by atoms with E-state index in [9.17, 15) is 8.60 Å². The van der Waals surface area contributed by atoms with Gasteiger partial charge in [-0.3, -0.25) is 9.19 Å². The lowest BCUT2D eigenvalue weighted by atomic mass is 10.1. The Morgan fingerprint density at radius 2 is 2.09 bits per heavy atom. The lowest BCUT2D eigenvalue weighted by Crippen LogP contribution is -2.09. The lowest BCUT2D eigenvalue weighted by Gasteiger charge is -2.12. The largest absolute Gasteiger partial charge is 0.341 e. The van der Waals surface area contributed by atoms with Crippen LogP contribution < -0.4 is 0 Å². The van der Waals surface area contributed by atoms with Crippen molar-refractivity contribution in [2.24, 2.45) is 0 Å². The monoisotopic (exact) mass is 315 g/mol. The zero-order chi connectivity index (χ0) is 15.5. The summed E-state index contributed by atoms with van der Waals surface area (Å²) in [4.78, 5) is 11.5. The van der Waals surface area contributed by atoms with Crippen molar-refractivity contribution in [3.05, 3.63) is 72.2 Å². The van der Waals surface area contributed by atoms with E-state index in [1.54, 1.807) is 37.0 Å². The Bertz CT molecular complexity index is 804. The van der Waals surface area contributed by atoms with Crippen LogP contribution in [0.5, 0.6) is 0 Å². The van der Waals surface area contributed by atoms with Gasteiger partial charge in [0.15, 0.2) is 0 Å². The quantitative estimate of drug-likeness (QED) is 0.805. The summed E-state index contributed by atoms with van der Waals surface area (Å²) in [5.74, 6) is 0.192. The van der Waals surface area contributed by atoms with E-state index in [4.69, 9.17) is 0 Å². The second-order valence-electron chi connectivity index (χ2n) is 4.86. The summed E-state index contributed by atoms with van der Waals surface area (Å²) in [7, 11) is -1.23. The molecule has 22 heavy (non-hydrogen) atoms. The highest BCUT2D eigenvalue weighted by Gasteiger charge is 2.22. The third kappa shape index (κ3) is 2.96. The molecule has 0 aliphatic heterocycles. The molecule has 3 rings (SSSR count). The van der Waals surface area contributed by atoms with Crippen molar-refractivity contribution in [3.63, 3.8) is 0 Å². The minimum absolute atomic E-state index is 0.355. The molecule has 0 fully saturated rings. The highest BCUT2D eigenvalue weighted by Crippen LogP contribution is 2.27. The number of nitrogens with one attached hydrogen (secondary N) is 1. The average Bonchev–Trinajstić information content (AvgIpc) is 2.97. The van der Waals surface area contributed by atoms with Crippen LogP contribution in [0.4, 0.5) is 4.39 Å². The SMILES string of the molecule is CS(=O)C(c1cccc(F)c1)c1ncc(-c2cccnc2)[nH]1. The van der Waals surface area contributed by atoms with Crippen molar-refractivity contribution in [3.8, 4) is 11.3 Å². The molecule has 4 nitrogen and oxygen atoms in total. The van der Waals surface area contributed by atoms with Gasteiger partial charge in [-0.2, -0.15) is 0 Å². The summed E-state index contributed by atoms with van der Waals surface area (Å²) in [6.45, 7) is 0. The summed E-state index contributed by atoms with van der Waals surface area (Å²) in [6, 6.07) is 9.85. The molecule has 3 aromatic rings. The van der Waals surface area contributed by atoms with Crippen LogP contribution in [0.2, 0.25) is 0 Å². The number of H-pyrrole nitrogens is 1. The summed E-state index contributed by atoms with van der Waals surface area (Å²) in [5.41, 5.74) is 2.31. The second kappa shape index (κ2) is 6.19. The predicted molar refractivity (Wildman–Crippen MR) is 84.1 cm³/mol. The average molecular weight is 315 g/mol. The molecule has 0 aliphatic rings. The van der Waals surface area contributed by atoms with Gasteiger partial charge in [-0.15, -0.1) is 0 Å². The third-order valence-corrected chi connectivity index (χ3v) is 4.46. The first-order valence-corrected chi connectivity index (χ1v) is 8.30. The maximum Gasteiger partial charge on any atom is 0.126 e. The minimum atomic E-state index is -1.23. The standard InChI is InChI=1S/C16H14FN3OS/c1-22(21)15(11-4-2-6-13(17)8-11)16-19-10-14(20-16)12-5-3-7-18-9-12/h2-10,15H,1H3,(H,19,20). The molecular formula is C16H14FN3OS. The summed E-state index contributed by atoms with van der Waals surface area (Å²) in [5, 5.41) is -0.499. The van der Waals surface area contributed by atoms with Gasteiger partial charge in [0.1, 0.15) is 16.9 Å². The molecule has 112 valence electrons. The molecule has 2 unspecified atom stereocenters. The molecule has 6 heteroatoms. The fourth-order valence-corrected chi connectivity index (χ4v) is 3.28. The molecule has 1 N–H and O–H groups in total. The molecular weight excluding hydrogens is 301 g/mol. The molecule has 0 spiro atoms. The van der Waals surface area contributed by atoms with Crippen LogP contribution in [-0.2, 0) is 10.8 Å². The van der Waals surface area contributed by atoms with Gasteiger partial charge in [0.05, 0.1) is 11.9 Å². The Labute approximate surface area is 129 Å². The number of halogens is 1. The zero-order valence-corrected chi connectivity index (χ0v) is 12.7. The maximum atomic E-state index is 13.4.